The van der Waals surface area contributed by atoms with E-state index < -0.39 is 0 Å². The highest BCUT2D eigenvalue weighted by molar-refractivity contribution is 6.24. The lowest BCUT2D eigenvalue weighted by atomic mass is 9.90. The third-order valence-corrected chi connectivity index (χ3v) is 30.8. The lowest BCUT2D eigenvalue weighted by Crippen LogP contribution is -1.96. The molecule has 30 rings (SSSR count). The second kappa shape index (κ2) is 32.2. The molecule has 0 aliphatic carbocycles. The fraction of sp³-hybridized carbons (Fsp3) is 0. The van der Waals surface area contributed by atoms with Crippen LogP contribution in [0.3, 0.4) is 0 Å². The van der Waals surface area contributed by atoms with E-state index in [0.717, 1.165) is 106 Å². The van der Waals surface area contributed by atoms with Gasteiger partial charge in [0.15, 0.2) is 0 Å². The summed E-state index contributed by atoms with van der Waals surface area (Å²) >= 11 is 0. The third kappa shape index (κ3) is 12.8. The molecule has 7 aromatic heterocycles. The van der Waals surface area contributed by atoms with E-state index in [1.54, 1.807) is 0 Å². The first-order valence-electron chi connectivity index (χ1n) is 49.7. The minimum Gasteiger partial charge on any atom is -0.309 e. The summed E-state index contributed by atoms with van der Waals surface area (Å²) < 4.78 is 14.7. The smallest absolute Gasteiger partial charge is 0.0620 e. The lowest BCUT2D eigenvalue weighted by Gasteiger charge is -2.15. The van der Waals surface area contributed by atoms with Crippen molar-refractivity contribution in [3.8, 4) is 140 Å². The molecular formula is C138H86N6. The van der Waals surface area contributed by atoms with Crippen LogP contribution in [0.15, 0.2) is 522 Å². The van der Waals surface area contributed by atoms with Crippen LogP contribution >= 0.6 is 0 Å². The fourth-order valence-electron chi connectivity index (χ4n) is 24.0. The molecule has 0 spiro atoms. The summed E-state index contributed by atoms with van der Waals surface area (Å²) in [5, 5.41) is 17.1. The van der Waals surface area contributed by atoms with E-state index in [9.17, 15) is 0 Å². The predicted molar refractivity (Wildman–Crippen MR) is 607 cm³/mol. The van der Waals surface area contributed by atoms with Gasteiger partial charge in [0.2, 0.25) is 0 Å². The summed E-state index contributed by atoms with van der Waals surface area (Å²) in [6.07, 6.45) is 0. The Balaban J connectivity index is 0.529. The van der Waals surface area contributed by atoms with Crippen molar-refractivity contribution < 1.29 is 0 Å². The highest BCUT2D eigenvalue weighted by Gasteiger charge is 2.26. The predicted octanol–water partition coefficient (Wildman–Crippen LogP) is 37.0. The first-order chi connectivity index (χ1) is 71.4. The molecule has 7 heterocycles. The van der Waals surface area contributed by atoms with Gasteiger partial charge < -0.3 is 27.2 Å². The Morgan fingerprint density at radius 3 is 0.771 bits per heavy atom. The maximum atomic E-state index is 2.51. The number of nitrogens with zero attached hydrogens (tertiary/aromatic N) is 6. The summed E-state index contributed by atoms with van der Waals surface area (Å²) in [5.74, 6) is 0. The third-order valence-electron chi connectivity index (χ3n) is 30.8. The van der Waals surface area contributed by atoms with E-state index in [2.05, 4.69) is 549 Å². The van der Waals surface area contributed by atoms with Crippen molar-refractivity contribution in [1.82, 2.24) is 27.2 Å². The van der Waals surface area contributed by atoms with Crippen molar-refractivity contribution in [2.45, 2.75) is 0 Å². The van der Waals surface area contributed by atoms with Gasteiger partial charge in [-0.2, -0.15) is 0 Å². The number of rotatable bonds is 15. The highest BCUT2D eigenvalue weighted by atomic mass is 15.0. The first kappa shape index (κ1) is 80.9. The van der Waals surface area contributed by atoms with E-state index in [4.69, 9.17) is 0 Å². The molecule has 30 aromatic rings. The Morgan fingerprint density at radius 1 is 0.0972 bits per heavy atom. The van der Waals surface area contributed by atoms with Crippen molar-refractivity contribution in [3.05, 3.63) is 522 Å². The van der Waals surface area contributed by atoms with Gasteiger partial charge >= 0.3 is 0 Å². The molecule has 0 unspecified atom stereocenters. The number of aromatic nitrogens is 6. The second-order valence-corrected chi connectivity index (χ2v) is 38.6. The molecule has 0 aliphatic heterocycles. The van der Waals surface area contributed by atoms with Crippen LogP contribution in [0.1, 0.15) is 0 Å². The molecule has 0 N–H and O–H groups in total. The Bertz CT molecular complexity index is 10500. The van der Waals surface area contributed by atoms with E-state index in [1.165, 1.54) is 181 Å². The van der Waals surface area contributed by atoms with E-state index in [0.29, 0.717) is 0 Å². The topological polar surface area (TPSA) is 29.1 Å². The summed E-state index contributed by atoms with van der Waals surface area (Å²) in [6, 6.07) is 195. The van der Waals surface area contributed by atoms with Crippen LogP contribution in [0.4, 0.5) is 0 Å². The first-order valence-corrected chi connectivity index (χ1v) is 49.7. The molecule has 0 aliphatic rings. The van der Waals surface area contributed by atoms with Crippen LogP contribution in [0.2, 0.25) is 0 Å². The molecule has 0 atom stereocenters. The van der Waals surface area contributed by atoms with Gasteiger partial charge in [-0.15, -0.1) is 0 Å². The average Bonchev–Trinajstić information content (AvgIpc) is 1.54. The molecule has 6 heteroatoms. The van der Waals surface area contributed by atoms with Gasteiger partial charge in [0.05, 0.1) is 71.7 Å². The maximum Gasteiger partial charge on any atom is 0.0620 e. The van der Waals surface area contributed by atoms with Crippen molar-refractivity contribution in [2.24, 2.45) is 0 Å². The minimum atomic E-state index is 1.09. The standard InChI is InChI=1S/C138H86N6/c1-5-24-87(25-6-1)89-46-60-106(61-47-89)140-127-43-18-15-38-113(127)120-79-99(55-70-131(120)140)101-56-71-132-121(81-101)115-68-53-104(85-137(115)142(132)108-62-48-90(49-63-108)88-26-7-2-8-27-88)103-58-73-134-124(84-103)123-83-102(100-54-69-130-119(80-100)112-37-14-17-42-126(112)139(130)105-34-11-4-12-35-105)57-72-133(123)143(134)109-66-75-135-125(86-109)114-39-16-19-44-128(114)141(135)107-64-50-92(51-65-107)118-78-97(52-67-110(118)91-28-9-3-10-29-91)95-32-21-30-93(76-95)94-31-22-33-96(77-94)98-59-74-136-122(82-98)117-41-23-40-116-111-36-13-20-45-129(111)144(136)138(116)117/h1-86H. The van der Waals surface area contributed by atoms with Gasteiger partial charge in [0.1, 0.15) is 0 Å². The largest absolute Gasteiger partial charge is 0.309 e. The number of fused-ring (bicyclic) bond motifs is 21. The molecule has 668 valence electrons. The van der Waals surface area contributed by atoms with E-state index in [1.807, 2.05) is 0 Å². The monoisotopic (exact) mass is 1830 g/mol. The molecular weight excluding hydrogens is 1740 g/mol. The van der Waals surface area contributed by atoms with Gasteiger partial charge in [-0.3, -0.25) is 0 Å². The van der Waals surface area contributed by atoms with Gasteiger partial charge in [0, 0.05) is 104 Å². The number of para-hydroxylation sites is 6. The van der Waals surface area contributed by atoms with Gasteiger partial charge in [-0.1, -0.05) is 334 Å². The molecule has 6 nitrogen and oxygen atoms in total. The molecule has 0 radical (unpaired) electrons. The average molecular weight is 1830 g/mol. The van der Waals surface area contributed by atoms with Crippen molar-refractivity contribution in [2.75, 3.05) is 0 Å². The zero-order valence-corrected chi connectivity index (χ0v) is 78.3. The van der Waals surface area contributed by atoms with Crippen molar-refractivity contribution in [1.29, 1.82) is 0 Å². The number of hydrogen-bond donors (Lipinski definition) is 0. The summed E-state index contributed by atoms with van der Waals surface area (Å²) in [6.45, 7) is 0. The molecule has 144 heavy (non-hydrogen) atoms. The lowest BCUT2D eigenvalue weighted by molar-refractivity contribution is 1.17. The molecule has 0 saturated heterocycles. The highest BCUT2D eigenvalue weighted by Crippen LogP contribution is 2.49. The van der Waals surface area contributed by atoms with Crippen LogP contribution in [-0.4, -0.2) is 27.2 Å². The molecule has 0 amide bonds. The fourth-order valence-corrected chi connectivity index (χ4v) is 24.0. The zero-order valence-electron chi connectivity index (χ0n) is 78.3. The molecule has 0 saturated carbocycles. The summed E-state index contributed by atoms with van der Waals surface area (Å²) in [4.78, 5) is 0. The number of hydrogen-bond acceptors (Lipinski definition) is 0. The van der Waals surface area contributed by atoms with Crippen LogP contribution in [-0.2, 0) is 0 Å². The number of benzene rings is 23. The Labute approximate surface area is 829 Å². The summed E-state index contributed by atoms with van der Waals surface area (Å²) in [5.41, 5.74) is 44.3. The Hall–Kier alpha value is -19.1. The normalized spacial score (nSPS) is 12.0. The quantitative estimate of drug-likeness (QED) is 0.0979. The van der Waals surface area contributed by atoms with Gasteiger partial charge in [0.25, 0.3) is 0 Å². The second-order valence-electron chi connectivity index (χ2n) is 38.6. The summed E-state index contributed by atoms with van der Waals surface area (Å²) in [7, 11) is 0. The molecule has 0 fully saturated rings. The molecule has 0 bridgehead atoms. The minimum absolute atomic E-state index is 1.09. The van der Waals surface area contributed by atoms with Gasteiger partial charge in [-0.25, -0.2) is 0 Å². The van der Waals surface area contributed by atoms with E-state index >= 15 is 0 Å². The SMILES string of the molecule is c1ccc(-c2ccc(-n3c4ccccc4c4cc(-c5ccc6c(c5)c5ccc(-c7ccc8c(c7)c7cc(-c9ccc%10c(c9)c9ccccc9n%10-c9ccccc9)ccc7n8-c7ccc8c(c7)c7ccccc7n8-c7ccc(-c8cc(-c9cccc(-c%10cccc(-c%11ccc%12c(c%11)c%11cccc%13c%14ccccc%14n%12c%13%11)c%10)c9)ccc8-c8ccccc8)cc7)cc5n6-c5ccc(-c6ccccc6)cc5)ccc43)cc2)cc1. The van der Waals surface area contributed by atoms with Crippen LogP contribution in [0.5, 0.6) is 0 Å². The van der Waals surface area contributed by atoms with E-state index in [-0.39, 0.29) is 0 Å². The maximum absolute atomic E-state index is 2.51. The van der Waals surface area contributed by atoms with Gasteiger partial charge in [-0.05, 0) is 299 Å². The van der Waals surface area contributed by atoms with Crippen LogP contribution in [0, 0.1) is 0 Å². The van der Waals surface area contributed by atoms with Crippen LogP contribution in [0.25, 0.3) is 287 Å². The van der Waals surface area contributed by atoms with Crippen molar-refractivity contribution >= 4 is 147 Å². The zero-order chi connectivity index (χ0) is 94.3. The Morgan fingerprint density at radius 2 is 0.326 bits per heavy atom. The Kier molecular flexibility index (Phi) is 18.1. The van der Waals surface area contributed by atoms with Crippen molar-refractivity contribution in [3.63, 3.8) is 0 Å². The molecule has 23 aromatic carbocycles. The van der Waals surface area contributed by atoms with Crippen LogP contribution < -0.4 is 0 Å².